The molecule has 0 fully saturated rings. The first-order chi connectivity index (χ1) is 15.4. The van der Waals surface area contributed by atoms with Gasteiger partial charge in [0.25, 0.3) is 5.91 Å². The first kappa shape index (κ1) is 23.5. The highest BCUT2D eigenvalue weighted by atomic mass is 35.5. The van der Waals surface area contributed by atoms with Crippen LogP contribution in [0.25, 0.3) is 0 Å². The second-order valence-electron chi connectivity index (χ2n) is 6.75. The zero-order valence-corrected chi connectivity index (χ0v) is 18.9. The molecule has 0 saturated carbocycles. The lowest BCUT2D eigenvalue weighted by atomic mass is 10.2. The summed E-state index contributed by atoms with van der Waals surface area (Å²) in [6.45, 7) is -0.416. The number of rotatable bonds is 9. The Hall–Kier alpha value is -3.20. The Morgan fingerprint density at radius 1 is 1.03 bits per heavy atom. The number of nitrogens with zero attached hydrogens (tertiary/aromatic N) is 2. The molecule has 0 aliphatic carbocycles. The van der Waals surface area contributed by atoms with Gasteiger partial charge < -0.3 is 4.74 Å². The minimum Gasteiger partial charge on any atom is -0.496 e. The van der Waals surface area contributed by atoms with Crippen molar-refractivity contribution in [2.45, 2.75) is 11.4 Å². The fourth-order valence-electron chi connectivity index (χ4n) is 2.90. The van der Waals surface area contributed by atoms with Gasteiger partial charge in [0, 0.05) is 17.1 Å². The highest BCUT2D eigenvalue weighted by molar-refractivity contribution is 7.89. The van der Waals surface area contributed by atoms with Gasteiger partial charge in [0.15, 0.2) is 0 Å². The van der Waals surface area contributed by atoms with E-state index in [0.29, 0.717) is 21.9 Å². The lowest BCUT2D eigenvalue weighted by molar-refractivity contribution is -0.121. The van der Waals surface area contributed by atoms with E-state index in [1.165, 1.54) is 25.5 Å². The van der Waals surface area contributed by atoms with Gasteiger partial charge in [0.05, 0.1) is 24.8 Å². The standard InChI is InChI=1S/C23H22ClN3O4S/c1-31-22-10-6-5-7-19(22)15-25-26-23(28)17-27(16-18-11-13-20(24)14-12-18)32(29,30)21-8-3-2-4-9-21/h2-15H,16-17H2,1H3,(H,26,28)/b25-15+. The molecular formula is C23H22ClN3O4S. The van der Waals surface area contributed by atoms with Crippen LogP contribution in [-0.4, -0.2) is 38.5 Å². The van der Waals surface area contributed by atoms with Gasteiger partial charge in [-0.15, -0.1) is 0 Å². The number of carbonyl (C=O) groups is 1. The SMILES string of the molecule is COc1ccccc1/C=N/NC(=O)CN(Cc1ccc(Cl)cc1)S(=O)(=O)c1ccccc1. The number of para-hydroxylation sites is 1. The van der Waals surface area contributed by atoms with Crippen LogP contribution in [0, 0.1) is 0 Å². The Balaban J connectivity index is 1.78. The first-order valence-corrected chi connectivity index (χ1v) is 11.5. The average Bonchev–Trinajstić information content (AvgIpc) is 2.81. The van der Waals surface area contributed by atoms with Gasteiger partial charge in [-0.2, -0.15) is 9.41 Å². The second-order valence-corrected chi connectivity index (χ2v) is 9.12. The Morgan fingerprint density at radius 2 is 1.69 bits per heavy atom. The quantitative estimate of drug-likeness (QED) is 0.381. The molecular weight excluding hydrogens is 450 g/mol. The minimum atomic E-state index is -3.92. The highest BCUT2D eigenvalue weighted by Gasteiger charge is 2.26. The van der Waals surface area contributed by atoms with E-state index in [0.717, 1.165) is 4.31 Å². The van der Waals surface area contributed by atoms with Crippen molar-refractivity contribution in [3.63, 3.8) is 0 Å². The monoisotopic (exact) mass is 471 g/mol. The van der Waals surface area contributed by atoms with E-state index in [4.69, 9.17) is 16.3 Å². The number of hydrogen-bond acceptors (Lipinski definition) is 5. The molecule has 3 aromatic carbocycles. The normalized spacial score (nSPS) is 11.6. The smallest absolute Gasteiger partial charge is 0.255 e. The van der Waals surface area contributed by atoms with Crippen LogP contribution in [0.4, 0.5) is 0 Å². The van der Waals surface area contributed by atoms with Crippen LogP contribution in [0.1, 0.15) is 11.1 Å². The van der Waals surface area contributed by atoms with Crippen molar-refractivity contribution in [2.75, 3.05) is 13.7 Å². The van der Waals surface area contributed by atoms with Gasteiger partial charge in [0.1, 0.15) is 5.75 Å². The molecule has 0 radical (unpaired) electrons. The van der Waals surface area contributed by atoms with E-state index >= 15 is 0 Å². The molecule has 32 heavy (non-hydrogen) atoms. The van der Waals surface area contributed by atoms with Gasteiger partial charge >= 0.3 is 0 Å². The van der Waals surface area contributed by atoms with Crippen molar-refractivity contribution < 1.29 is 17.9 Å². The Bertz CT molecular complexity index is 1180. The predicted octanol–water partition coefficient (Wildman–Crippen LogP) is 3.69. The van der Waals surface area contributed by atoms with Gasteiger partial charge in [-0.05, 0) is 42.0 Å². The van der Waals surface area contributed by atoms with Crippen LogP contribution in [0.5, 0.6) is 5.75 Å². The lowest BCUT2D eigenvalue weighted by Gasteiger charge is -2.21. The van der Waals surface area contributed by atoms with Crippen LogP contribution in [-0.2, 0) is 21.4 Å². The topological polar surface area (TPSA) is 88.1 Å². The Morgan fingerprint density at radius 3 is 2.38 bits per heavy atom. The molecule has 0 atom stereocenters. The molecule has 0 aliphatic heterocycles. The summed E-state index contributed by atoms with van der Waals surface area (Å²) in [5, 5.41) is 4.47. The van der Waals surface area contributed by atoms with E-state index in [-0.39, 0.29) is 11.4 Å². The molecule has 0 bridgehead atoms. The fraction of sp³-hybridized carbons (Fsp3) is 0.130. The molecule has 0 saturated heterocycles. The number of hydrogen-bond donors (Lipinski definition) is 1. The van der Waals surface area contributed by atoms with Crippen molar-refractivity contribution in [1.29, 1.82) is 0 Å². The molecule has 7 nitrogen and oxygen atoms in total. The van der Waals surface area contributed by atoms with Crippen LogP contribution in [0.2, 0.25) is 5.02 Å². The van der Waals surface area contributed by atoms with E-state index in [9.17, 15) is 13.2 Å². The van der Waals surface area contributed by atoms with E-state index in [2.05, 4.69) is 10.5 Å². The Labute approximate surface area is 192 Å². The summed E-state index contributed by atoms with van der Waals surface area (Å²) in [5.41, 5.74) is 3.74. The summed E-state index contributed by atoms with van der Waals surface area (Å²) in [6.07, 6.45) is 1.44. The van der Waals surface area contributed by atoms with E-state index in [1.54, 1.807) is 54.6 Å². The number of methoxy groups -OCH3 is 1. The molecule has 0 unspecified atom stereocenters. The maximum Gasteiger partial charge on any atom is 0.255 e. The Kier molecular flexibility index (Phi) is 7.99. The molecule has 0 spiro atoms. The number of carbonyl (C=O) groups excluding carboxylic acids is 1. The van der Waals surface area contributed by atoms with Crippen LogP contribution in [0.3, 0.4) is 0 Å². The summed E-state index contributed by atoms with van der Waals surface area (Å²) in [7, 11) is -2.39. The zero-order valence-electron chi connectivity index (χ0n) is 17.3. The zero-order chi connectivity index (χ0) is 23.0. The van der Waals surface area contributed by atoms with E-state index < -0.39 is 22.5 Å². The number of sulfonamides is 1. The van der Waals surface area contributed by atoms with Crippen molar-refractivity contribution in [2.24, 2.45) is 5.10 Å². The molecule has 9 heteroatoms. The van der Waals surface area contributed by atoms with Crippen molar-refractivity contribution >= 4 is 33.7 Å². The lowest BCUT2D eigenvalue weighted by Crippen LogP contribution is -2.39. The van der Waals surface area contributed by atoms with Gasteiger partial charge in [-0.1, -0.05) is 54.1 Å². The third-order valence-electron chi connectivity index (χ3n) is 4.50. The minimum absolute atomic E-state index is 0.00195. The van der Waals surface area contributed by atoms with Crippen LogP contribution < -0.4 is 10.2 Å². The van der Waals surface area contributed by atoms with Crippen molar-refractivity contribution in [3.05, 3.63) is 95.0 Å². The molecule has 3 aromatic rings. The first-order valence-electron chi connectivity index (χ1n) is 9.64. The molecule has 1 amide bonds. The van der Waals surface area contributed by atoms with Crippen molar-refractivity contribution in [1.82, 2.24) is 9.73 Å². The largest absolute Gasteiger partial charge is 0.496 e. The average molecular weight is 472 g/mol. The molecule has 0 aromatic heterocycles. The summed E-state index contributed by atoms with van der Waals surface area (Å²) in [4.78, 5) is 12.6. The number of hydrazone groups is 1. The maximum atomic E-state index is 13.2. The summed E-state index contributed by atoms with van der Waals surface area (Å²) in [6, 6.07) is 21.9. The summed E-state index contributed by atoms with van der Waals surface area (Å²) >= 11 is 5.93. The van der Waals surface area contributed by atoms with Gasteiger partial charge in [-0.3, -0.25) is 4.79 Å². The van der Waals surface area contributed by atoms with E-state index in [1.807, 2.05) is 12.1 Å². The summed E-state index contributed by atoms with van der Waals surface area (Å²) < 4.78 is 32.7. The number of nitrogens with one attached hydrogen (secondary N) is 1. The number of halogens is 1. The fourth-order valence-corrected chi connectivity index (χ4v) is 4.43. The number of amides is 1. The predicted molar refractivity (Wildman–Crippen MR) is 124 cm³/mol. The van der Waals surface area contributed by atoms with Gasteiger partial charge in [0.2, 0.25) is 10.0 Å². The van der Waals surface area contributed by atoms with Crippen molar-refractivity contribution in [3.8, 4) is 5.75 Å². The second kappa shape index (κ2) is 10.9. The molecule has 1 N–H and O–H groups in total. The van der Waals surface area contributed by atoms with Crippen LogP contribution >= 0.6 is 11.6 Å². The van der Waals surface area contributed by atoms with Gasteiger partial charge in [-0.25, -0.2) is 13.8 Å². The third kappa shape index (κ3) is 6.16. The highest BCUT2D eigenvalue weighted by Crippen LogP contribution is 2.19. The molecule has 3 rings (SSSR count). The van der Waals surface area contributed by atoms with Crippen LogP contribution in [0.15, 0.2) is 88.9 Å². The molecule has 0 aliphatic rings. The third-order valence-corrected chi connectivity index (χ3v) is 6.56. The molecule has 0 heterocycles. The number of ether oxygens (including phenoxy) is 1. The summed E-state index contributed by atoms with van der Waals surface area (Å²) in [5.74, 6) is 0.0196. The molecule has 166 valence electrons. The number of benzene rings is 3. The maximum absolute atomic E-state index is 13.2.